The monoisotopic (exact) mass is 599 g/mol. The van der Waals surface area contributed by atoms with Crippen molar-refractivity contribution in [2.45, 2.75) is 13.0 Å². The van der Waals surface area contributed by atoms with E-state index in [1.165, 1.54) is 11.3 Å². The van der Waals surface area contributed by atoms with Gasteiger partial charge in [0.2, 0.25) is 11.8 Å². The molecule has 0 unspecified atom stereocenters. The molecule has 0 amide bonds. The van der Waals surface area contributed by atoms with Crippen molar-refractivity contribution < 1.29 is 23.4 Å². The molecule has 0 aliphatic carbocycles. The Kier molecular flexibility index (Phi) is 7.71. The first-order chi connectivity index (χ1) is 21.0. The summed E-state index contributed by atoms with van der Waals surface area (Å²) >= 11 is 1.41. The summed E-state index contributed by atoms with van der Waals surface area (Å²) < 4.78 is 29.0. The maximum Gasteiger partial charge on any atom is 0.226 e. The average molecular weight is 600 g/mol. The largest absolute Gasteiger partial charge is 0.493 e. The van der Waals surface area contributed by atoms with Gasteiger partial charge in [-0.15, -0.1) is 16.4 Å². The molecule has 2 aromatic carbocycles. The van der Waals surface area contributed by atoms with Gasteiger partial charge in [-0.25, -0.2) is 15.0 Å². The van der Waals surface area contributed by atoms with Crippen molar-refractivity contribution in [1.82, 2.24) is 24.6 Å². The number of thiazole rings is 1. The van der Waals surface area contributed by atoms with Gasteiger partial charge in [0.1, 0.15) is 0 Å². The van der Waals surface area contributed by atoms with Gasteiger partial charge in [-0.2, -0.15) is 4.52 Å². The average Bonchev–Trinajstić information content (AvgIpc) is 3.80. The molecule has 0 saturated carbocycles. The summed E-state index contributed by atoms with van der Waals surface area (Å²) in [4.78, 5) is 15.2. The molecule has 3 N–H and O–H groups in total. The minimum Gasteiger partial charge on any atom is -0.493 e. The Labute approximate surface area is 251 Å². The van der Waals surface area contributed by atoms with Crippen molar-refractivity contribution in [3.8, 4) is 45.8 Å². The third-order valence-corrected chi connectivity index (χ3v) is 7.67. The minimum atomic E-state index is 0.415. The summed E-state index contributed by atoms with van der Waals surface area (Å²) in [7, 11) is 6.44. The first-order valence-electron chi connectivity index (χ1n) is 13.2. The highest BCUT2D eigenvalue weighted by Gasteiger charge is 2.22. The molecule has 0 radical (unpaired) electrons. The number of benzene rings is 2. The van der Waals surface area contributed by atoms with Crippen LogP contribution in [0.2, 0.25) is 0 Å². The molecule has 220 valence electrons. The molecule has 6 aromatic rings. The molecule has 0 atom stereocenters. The Balaban J connectivity index is 1.39. The second kappa shape index (κ2) is 11.9. The van der Waals surface area contributed by atoms with E-state index in [0.717, 1.165) is 16.0 Å². The lowest BCUT2D eigenvalue weighted by atomic mass is 10.1. The molecule has 0 bridgehead atoms. The number of nitrogen functional groups attached to an aromatic ring is 1. The van der Waals surface area contributed by atoms with Gasteiger partial charge in [0.05, 0.1) is 46.0 Å². The number of nitrogens with two attached hydrogens (primary N) is 1. The van der Waals surface area contributed by atoms with E-state index in [1.54, 1.807) is 51.5 Å². The zero-order valence-electron chi connectivity index (χ0n) is 24.0. The van der Waals surface area contributed by atoms with Crippen LogP contribution in [0.1, 0.15) is 16.0 Å². The molecule has 0 saturated heterocycles. The predicted octanol–water partition coefficient (Wildman–Crippen LogP) is 5.33. The van der Waals surface area contributed by atoms with Crippen LogP contribution in [-0.2, 0) is 13.0 Å². The van der Waals surface area contributed by atoms with Gasteiger partial charge in [0.15, 0.2) is 39.5 Å². The van der Waals surface area contributed by atoms with Gasteiger partial charge in [-0.05, 0) is 47.5 Å². The lowest BCUT2D eigenvalue weighted by molar-refractivity contribution is 0.354. The SMILES string of the molecule is COc1ccc(CNc2ncc(-c3nc(N)sc3Cc3ccc(OC)c(OC)c3)c3nc(-c4ccco4)nn23)cc1OC. The molecule has 43 heavy (non-hydrogen) atoms. The number of hydrogen-bond acceptors (Lipinski definition) is 12. The number of hydrogen-bond donors (Lipinski definition) is 2. The van der Waals surface area contributed by atoms with Crippen molar-refractivity contribution in [3.05, 3.63) is 77.0 Å². The van der Waals surface area contributed by atoms with Gasteiger partial charge in [-0.1, -0.05) is 12.1 Å². The smallest absolute Gasteiger partial charge is 0.226 e. The van der Waals surface area contributed by atoms with Crippen LogP contribution in [0.25, 0.3) is 28.5 Å². The molecular formula is C30H29N7O5S. The van der Waals surface area contributed by atoms with Crippen LogP contribution in [0.5, 0.6) is 23.0 Å². The maximum atomic E-state index is 6.24. The van der Waals surface area contributed by atoms with Gasteiger partial charge in [-0.3, -0.25) is 0 Å². The third-order valence-electron chi connectivity index (χ3n) is 6.79. The Bertz CT molecular complexity index is 1880. The number of rotatable bonds is 11. The van der Waals surface area contributed by atoms with Crippen LogP contribution in [0.4, 0.5) is 11.1 Å². The minimum absolute atomic E-state index is 0.415. The number of anilines is 2. The summed E-state index contributed by atoms with van der Waals surface area (Å²) in [5.41, 5.74) is 10.1. The first kappa shape index (κ1) is 27.8. The lowest BCUT2D eigenvalue weighted by Crippen LogP contribution is -2.08. The zero-order valence-corrected chi connectivity index (χ0v) is 24.8. The van der Waals surface area contributed by atoms with Gasteiger partial charge in [0.25, 0.3) is 0 Å². The fraction of sp³-hybridized carbons (Fsp3) is 0.200. The fourth-order valence-electron chi connectivity index (χ4n) is 4.72. The van der Waals surface area contributed by atoms with Crippen LogP contribution in [0.15, 0.2) is 65.4 Å². The van der Waals surface area contributed by atoms with Gasteiger partial charge >= 0.3 is 0 Å². The summed E-state index contributed by atoms with van der Waals surface area (Å²) in [6, 6.07) is 15.1. The second-order valence-electron chi connectivity index (χ2n) is 9.38. The standard InChI is InChI=1S/C30H29N7O5S/c1-38-20-9-7-17(12-23(20)40-3)14-25-26(34-29(31)43-25)19-16-33-30(32-15-18-8-10-21(39-2)24(13-18)41-4)37-28(19)35-27(36-37)22-6-5-11-42-22/h5-13,16H,14-15H2,1-4H3,(H2,31,34)(H,32,33). The van der Waals surface area contributed by atoms with E-state index in [0.29, 0.717) is 75.5 Å². The molecule has 12 nitrogen and oxygen atoms in total. The first-order valence-corrected chi connectivity index (χ1v) is 14.0. The number of aromatic nitrogens is 5. The second-order valence-corrected chi connectivity index (χ2v) is 10.5. The Morgan fingerprint density at radius 1 is 0.884 bits per heavy atom. The summed E-state index contributed by atoms with van der Waals surface area (Å²) in [6.07, 6.45) is 3.88. The number of ether oxygens (including phenoxy) is 4. The highest BCUT2D eigenvalue weighted by molar-refractivity contribution is 7.15. The van der Waals surface area contributed by atoms with E-state index in [-0.39, 0.29) is 0 Å². The number of furan rings is 1. The molecule has 0 aliphatic heterocycles. The van der Waals surface area contributed by atoms with Crippen molar-refractivity contribution in [3.63, 3.8) is 0 Å². The number of nitrogens with zero attached hydrogens (tertiary/aromatic N) is 5. The molecule has 0 aliphatic rings. The molecule has 4 aromatic heterocycles. The van der Waals surface area contributed by atoms with Crippen molar-refractivity contribution in [1.29, 1.82) is 0 Å². The molecule has 0 spiro atoms. The quantitative estimate of drug-likeness (QED) is 0.199. The normalized spacial score (nSPS) is 11.1. The highest BCUT2D eigenvalue weighted by atomic mass is 32.1. The Morgan fingerprint density at radius 3 is 2.26 bits per heavy atom. The lowest BCUT2D eigenvalue weighted by Gasteiger charge is -2.12. The van der Waals surface area contributed by atoms with Crippen LogP contribution < -0.4 is 30.0 Å². The van der Waals surface area contributed by atoms with Crippen LogP contribution in [-0.4, -0.2) is 53.0 Å². The van der Waals surface area contributed by atoms with Crippen molar-refractivity contribution in [2.75, 3.05) is 39.5 Å². The topological polar surface area (TPSA) is 144 Å². The van der Waals surface area contributed by atoms with Crippen LogP contribution in [0.3, 0.4) is 0 Å². The number of fused-ring (bicyclic) bond motifs is 1. The predicted molar refractivity (Wildman–Crippen MR) is 163 cm³/mol. The summed E-state index contributed by atoms with van der Waals surface area (Å²) in [5, 5.41) is 8.54. The van der Waals surface area contributed by atoms with Gasteiger partial charge < -0.3 is 34.4 Å². The Hall–Kier alpha value is -5.30. The number of nitrogens with one attached hydrogen (secondary N) is 1. The summed E-state index contributed by atoms with van der Waals surface area (Å²) in [5.74, 6) is 4.03. The molecule has 13 heteroatoms. The van der Waals surface area contributed by atoms with E-state index in [1.807, 2.05) is 42.5 Å². The van der Waals surface area contributed by atoms with E-state index >= 15 is 0 Å². The molecular weight excluding hydrogens is 570 g/mol. The molecule has 4 heterocycles. The molecule has 0 fully saturated rings. The van der Waals surface area contributed by atoms with Crippen molar-refractivity contribution in [2.24, 2.45) is 0 Å². The summed E-state index contributed by atoms with van der Waals surface area (Å²) in [6.45, 7) is 0.450. The van der Waals surface area contributed by atoms with E-state index < -0.39 is 0 Å². The molecule has 6 rings (SSSR count). The Morgan fingerprint density at radius 2 is 1.58 bits per heavy atom. The third kappa shape index (κ3) is 5.49. The van der Waals surface area contributed by atoms with E-state index in [4.69, 9.17) is 44.2 Å². The van der Waals surface area contributed by atoms with E-state index in [9.17, 15) is 0 Å². The van der Waals surface area contributed by atoms with Crippen molar-refractivity contribution >= 4 is 28.1 Å². The fourth-order valence-corrected chi connectivity index (χ4v) is 5.60. The van der Waals surface area contributed by atoms with E-state index in [2.05, 4.69) is 10.3 Å². The van der Waals surface area contributed by atoms with Gasteiger partial charge in [0, 0.05) is 24.0 Å². The van der Waals surface area contributed by atoms with Crippen LogP contribution in [0, 0.1) is 0 Å². The van der Waals surface area contributed by atoms with Crippen LogP contribution >= 0.6 is 11.3 Å². The maximum absolute atomic E-state index is 6.24. The number of methoxy groups -OCH3 is 4. The zero-order chi connectivity index (χ0) is 29.9. The highest BCUT2D eigenvalue weighted by Crippen LogP contribution is 2.36.